The summed E-state index contributed by atoms with van der Waals surface area (Å²) in [5, 5.41) is 0. The number of halogens is 4. The standard InChI is InChI=1S/C9H7BrF3NO/c10-6-1-4-3-15-8(9(11,12)13)5(4)2-7(6)14/h1-2,8H,3,14H2. The van der Waals surface area contributed by atoms with Crippen LogP contribution in [0.5, 0.6) is 0 Å². The third kappa shape index (κ3) is 1.83. The summed E-state index contributed by atoms with van der Waals surface area (Å²) in [5.41, 5.74) is 6.45. The van der Waals surface area contributed by atoms with E-state index in [-0.39, 0.29) is 17.9 Å². The van der Waals surface area contributed by atoms with Gasteiger partial charge in [-0.3, -0.25) is 0 Å². The highest BCUT2D eigenvalue weighted by Crippen LogP contribution is 2.44. The van der Waals surface area contributed by atoms with Gasteiger partial charge in [-0.1, -0.05) is 0 Å². The first-order valence-electron chi connectivity index (χ1n) is 4.15. The predicted molar refractivity (Wildman–Crippen MR) is 52.1 cm³/mol. The Kier molecular flexibility index (Phi) is 2.42. The largest absolute Gasteiger partial charge is 0.418 e. The molecule has 1 aromatic rings. The molecule has 1 aromatic carbocycles. The third-order valence-corrected chi connectivity index (χ3v) is 2.93. The van der Waals surface area contributed by atoms with E-state index < -0.39 is 12.3 Å². The number of hydrogen-bond acceptors (Lipinski definition) is 2. The summed E-state index contributed by atoms with van der Waals surface area (Å²) < 4.78 is 42.8. The number of ether oxygens (including phenoxy) is 1. The molecule has 1 unspecified atom stereocenters. The van der Waals surface area contributed by atoms with Crippen LogP contribution in [0.4, 0.5) is 18.9 Å². The predicted octanol–water partition coefficient (Wildman–Crippen LogP) is 3.16. The summed E-state index contributed by atoms with van der Waals surface area (Å²) in [5.74, 6) is 0. The van der Waals surface area contributed by atoms with Crippen molar-refractivity contribution in [3.63, 3.8) is 0 Å². The number of hydrogen-bond donors (Lipinski definition) is 1. The van der Waals surface area contributed by atoms with E-state index in [0.29, 0.717) is 10.0 Å². The molecule has 0 saturated carbocycles. The quantitative estimate of drug-likeness (QED) is 0.742. The molecule has 82 valence electrons. The fraction of sp³-hybridized carbons (Fsp3) is 0.333. The Hall–Kier alpha value is -0.750. The lowest BCUT2D eigenvalue weighted by atomic mass is 10.0. The van der Waals surface area contributed by atoms with E-state index in [0.717, 1.165) is 0 Å². The Balaban J connectivity index is 2.47. The van der Waals surface area contributed by atoms with Gasteiger partial charge in [0.25, 0.3) is 0 Å². The fourth-order valence-electron chi connectivity index (χ4n) is 1.55. The van der Waals surface area contributed by atoms with Crippen molar-refractivity contribution in [2.45, 2.75) is 18.9 Å². The zero-order valence-electron chi connectivity index (χ0n) is 7.44. The minimum Gasteiger partial charge on any atom is -0.398 e. The highest BCUT2D eigenvalue weighted by atomic mass is 79.9. The average Bonchev–Trinajstić information content (AvgIpc) is 2.47. The summed E-state index contributed by atoms with van der Waals surface area (Å²) in [6, 6.07) is 2.88. The molecule has 15 heavy (non-hydrogen) atoms. The lowest BCUT2D eigenvalue weighted by Gasteiger charge is -2.15. The number of nitrogens with two attached hydrogens (primary N) is 1. The number of alkyl halides is 3. The van der Waals surface area contributed by atoms with Crippen molar-refractivity contribution in [1.82, 2.24) is 0 Å². The molecule has 0 aromatic heterocycles. The van der Waals surface area contributed by atoms with E-state index in [1.54, 1.807) is 6.07 Å². The van der Waals surface area contributed by atoms with Gasteiger partial charge in [0, 0.05) is 10.2 Å². The van der Waals surface area contributed by atoms with Gasteiger partial charge in [0.1, 0.15) is 0 Å². The Morgan fingerprint density at radius 1 is 1.40 bits per heavy atom. The molecule has 0 fully saturated rings. The van der Waals surface area contributed by atoms with E-state index in [2.05, 4.69) is 15.9 Å². The molecule has 0 bridgehead atoms. The van der Waals surface area contributed by atoms with Gasteiger partial charge in [-0.05, 0) is 39.2 Å². The molecule has 0 aliphatic carbocycles. The maximum absolute atomic E-state index is 12.5. The summed E-state index contributed by atoms with van der Waals surface area (Å²) in [4.78, 5) is 0. The lowest BCUT2D eigenvalue weighted by molar-refractivity contribution is -0.219. The second-order valence-corrected chi connectivity index (χ2v) is 4.16. The monoisotopic (exact) mass is 281 g/mol. The molecule has 0 amide bonds. The number of nitrogen functional groups attached to an aromatic ring is 1. The SMILES string of the molecule is Nc1cc2c(cc1Br)COC2C(F)(F)F. The van der Waals surface area contributed by atoms with E-state index in [1.165, 1.54) is 6.07 Å². The first-order chi connectivity index (χ1) is 6.89. The van der Waals surface area contributed by atoms with E-state index >= 15 is 0 Å². The van der Waals surface area contributed by atoms with Crippen LogP contribution >= 0.6 is 15.9 Å². The van der Waals surface area contributed by atoms with Crippen molar-refractivity contribution in [2.75, 3.05) is 5.73 Å². The van der Waals surface area contributed by atoms with Crippen molar-refractivity contribution in [3.05, 3.63) is 27.7 Å². The van der Waals surface area contributed by atoms with Crippen LogP contribution in [0.15, 0.2) is 16.6 Å². The Labute approximate surface area is 92.3 Å². The normalized spacial score (nSPS) is 20.4. The van der Waals surface area contributed by atoms with Crippen LogP contribution in [-0.4, -0.2) is 6.18 Å². The third-order valence-electron chi connectivity index (χ3n) is 2.24. The first-order valence-corrected chi connectivity index (χ1v) is 4.95. The Morgan fingerprint density at radius 3 is 2.67 bits per heavy atom. The van der Waals surface area contributed by atoms with Crippen molar-refractivity contribution in [3.8, 4) is 0 Å². The number of benzene rings is 1. The molecule has 2 rings (SSSR count). The van der Waals surface area contributed by atoms with Crippen molar-refractivity contribution in [1.29, 1.82) is 0 Å². The average molecular weight is 282 g/mol. The fourth-order valence-corrected chi connectivity index (χ4v) is 1.94. The van der Waals surface area contributed by atoms with Crippen LogP contribution in [0.3, 0.4) is 0 Å². The van der Waals surface area contributed by atoms with Crippen LogP contribution < -0.4 is 5.73 Å². The van der Waals surface area contributed by atoms with Gasteiger partial charge in [0.05, 0.1) is 6.61 Å². The maximum atomic E-state index is 12.5. The van der Waals surface area contributed by atoms with E-state index in [1.807, 2.05) is 0 Å². The highest BCUT2D eigenvalue weighted by Gasteiger charge is 2.45. The van der Waals surface area contributed by atoms with Gasteiger partial charge in [-0.2, -0.15) is 13.2 Å². The Morgan fingerprint density at radius 2 is 2.07 bits per heavy atom. The van der Waals surface area contributed by atoms with E-state index in [4.69, 9.17) is 10.5 Å². The molecular formula is C9H7BrF3NO. The molecule has 0 saturated heterocycles. The van der Waals surface area contributed by atoms with Crippen molar-refractivity contribution >= 4 is 21.6 Å². The molecular weight excluding hydrogens is 275 g/mol. The second-order valence-electron chi connectivity index (χ2n) is 3.31. The molecule has 6 heteroatoms. The molecule has 1 atom stereocenters. The van der Waals surface area contributed by atoms with E-state index in [9.17, 15) is 13.2 Å². The van der Waals surface area contributed by atoms with Crippen LogP contribution in [0.1, 0.15) is 17.2 Å². The van der Waals surface area contributed by atoms with Gasteiger partial charge in [0.15, 0.2) is 6.10 Å². The number of fused-ring (bicyclic) bond motifs is 1. The highest BCUT2D eigenvalue weighted by molar-refractivity contribution is 9.10. The van der Waals surface area contributed by atoms with Crippen LogP contribution in [0.25, 0.3) is 0 Å². The molecule has 1 aliphatic heterocycles. The zero-order valence-corrected chi connectivity index (χ0v) is 9.02. The number of rotatable bonds is 0. The van der Waals surface area contributed by atoms with Gasteiger partial charge in [-0.25, -0.2) is 0 Å². The number of anilines is 1. The summed E-state index contributed by atoms with van der Waals surface area (Å²) in [6.45, 7) is -0.0294. The van der Waals surface area contributed by atoms with Crippen LogP contribution in [0, 0.1) is 0 Å². The molecule has 0 spiro atoms. The molecule has 0 radical (unpaired) electrons. The van der Waals surface area contributed by atoms with Crippen LogP contribution in [-0.2, 0) is 11.3 Å². The molecule has 2 N–H and O–H groups in total. The Bertz CT molecular complexity index is 405. The lowest BCUT2D eigenvalue weighted by Crippen LogP contribution is -2.19. The second kappa shape index (κ2) is 3.38. The molecule has 1 aliphatic rings. The summed E-state index contributed by atoms with van der Waals surface area (Å²) in [7, 11) is 0. The van der Waals surface area contributed by atoms with Crippen molar-refractivity contribution < 1.29 is 17.9 Å². The summed E-state index contributed by atoms with van der Waals surface area (Å²) >= 11 is 3.16. The minimum atomic E-state index is -4.38. The maximum Gasteiger partial charge on any atom is 0.418 e. The smallest absolute Gasteiger partial charge is 0.398 e. The first kappa shape index (κ1) is 10.8. The molecule has 2 nitrogen and oxygen atoms in total. The molecule has 1 heterocycles. The minimum absolute atomic E-state index is 0.0294. The van der Waals surface area contributed by atoms with Gasteiger partial charge in [0.2, 0.25) is 0 Å². The summed E-state index contributed by atoms with van der Waals surface area (Å²) in [6.07, 6.45) is -6.23. The zero-order chi connectivity index (χ0) is 11.2. The van der Waals surface area contributed by atoms with Crippen molar-refractivity contribution in [2.24, 2.45) is 0 Å². The topological polar surface area (TPSA) is 35.2 Å². The van der Waals surface area contributed by atoms with Crippen LogP contribution in [0.2, 0.25) is 0 Å². The van der Waals surface area contributed by atoms with Gasteiger partial charge in [-0.15, -0.1) is 0 Å². The van der Waals surface area contributed by atoms with Gasteiger partial charge < -0.3 is 10.5 Å². The van der Waals surface area contributed by atoms with Gasteiger partial charge >= 0.3 is 6.18 Å².